The Morgan fingerprint density at radius 2 is 2.19 bits per heavy atom. The van der Waals surface area contributed by atoms with Gasteiger partial charge in [0.15, 0.2) is 0 Å². The van der Waals surface area contributed by atoms with Gasteiger partial charge in [-0.15, -0.1) is 6.58 Å². The minimum atomic E-state index is -1.19. The summed E-state index contributed by atoms with van der Waals surface area (Å²) in [5, 5.41) is 22.3. The lowest BCUT2D eigenvalue weighted by atomic mass is 10.1. The van der Waals surface area contributed by atoms with Crippen molar-refractivity contribution in [3.8, 4) is 0 Å². The molecule has 1 rings (SSSR count). The van der Waals surface area contributed by atoms with Crippen molar-refractivity contribution in [2.75, 3.05) is 0 Å². The van der Waals surface area contributed by atoms with E-state index >= 15 is 0 Å². The fourth-order valence-electron chi connectivity index (χ4n) is 1.77. The van der Waals surface area contributed by atoms with Gasteiger partial charge in [0.1, 0.15) is 11.6 Å². The third-order valence-electron chi connectivity index (χ3n) is 2.86. The third-order valence-corrected chi connectivity index (χ3v) is 2.86. The number of amides is 1. The molecule has 0 aliphatic heterocycles. The van der Waals surface area contributed by atoms with Crippen molar-refractivity contribution in [3.63, 3.8) is 0 Å². The molecule has 0 heterocycles. The van der Waals surface area contributed by atoms with Crippen molar-refractivity contribution in [1.82, 2.24) is 5.32 Å². The number of carboxylic acids is 1. The summed E-state index contributed by atoms with van der Waals surface area (Å²) in [6.07, 6.45) is 2.12. The molecule has 0 saturated carbocycles. The molecule has 0 aromatic heterocycles. The first-order chi connectivity index (χ1) is 9.86. The quantitative estimate of drug-likeness (QED) is 0.454. The normalized spacial score (nSPS) is 11.5. The number of aryl methyl sites for hydroxylation is 1. The summed E-state index contributed by atoms with van der Waals surface area (Å²) in [6, 6.07) is 2.99. The first-order valence-corrected chi connectivity index (χ1v) is 6.26. The number of nitrogens with zero attached hydrogens (tertiary/aromatic N) is 1. The topological polar surface area (TPSA) is 110 Å². The summed E-state index contributed by atoms with van der Waals surface area (Å²) in [6.45, 7) is 5.17. The Morgan fingerprint density at radius 1 is 1.52 bits per heavy atom. The highest BCUT2D eigenvalue weighted by Gasteiger charge is 2.25. The molecule has 21 heavy (non-hydrogen) atoms. The lowest BCUT2D eigenvalue weighted by molar-refractivity contribution is -0.385. The molecule has 1 unspecified atom stereocenters. The number of rotatable bonds is 7. The van der Waals surface area contributed by atoms with E-state index in [-0.39, 0.29) is 17.7 Å². The SMILES string of the molecule is C=CCCC(NC(=O)c1cc(C)ccc1[N+](=O)[O-])C(=O)O. The fourth-order valence-corrected chi connectivity index (χ4v) is 1.77. The monoisotopic (exact) mass is 292 g/mol. The van der Waals surface area contributed by atoms with Crippen LogP contribution in [-0.4, -0.2) is 27.9 Å². The average Bonchev–Trinajstić information content (AvgIpc) is 2.42. The van der Waals surface area contributed by atoms with Crippen molar-refractivity contribution < 1.29 is 19.6 Å². The van der Waals surface area contributed by atoms with E-state index in [4.69, 9.17) is 5.11 Å². The molecule has 1 aromatic rings. The van der Waals surface area contributed by atoms with Crippen LogP contribution in [0.3, 0.4) is 0 Å². The molecule has 1 amide bonds. The number of aliphatic carboxylic acids is 1. The second-order valence-corrected chi connectivity index (χ2v) is 4.51. The van der Waals surface area contributed by atoms with E-state index in [0.29, 0.717) is 12.0 Å². The highest BCUT2D eigenvalue weighted by Crippen LogP contribution is 2.20. The predicted molar refractivity (Wildman–Crippen MR) is 76.2 cm³/mol. The van der Waals surface area contributed by atoms with Crippen LogP contribution in [0.15, 0.2) is 30.9 Å². The number of carbonyl (C=O) groups is 2. The number of nitro groups is 1. The van der Waals surface area contributed by atoms with Crippen LogP contribution in [0.25, 0.3) is 0 Å². The zero-order valence-corrected chi connectivity index (χ0v) is 11.5. The highest BCUT2D eigenvalue weighted by atomic mass is 16.6. The Morgan fingerprint density at radius 3 is 2.71 bits per heavy atom. The summed E-state index contributed by atoms with van der Waals surface area (Å²) >= 11 is 0. The number of nitro benzene ring substituents is 1. The lowest BCUT2D eigenvalue weighted by Gasteiger charge is -2.13. The van der Waals surface area contributed by atoms with Gasteiger partial charge in [-0.1, -0.05) is 12.1 Å². The van der Waals surface area contributed by atoms with Crippen molar-refractivity contribution >= 4 is 17.6 Å². The maximum absolute atomic E-state index is 12.1. The minimum absolute atomic E-state index is 0.148. The van der Waals surface area contributed by atoms with Crippen molar-refractivity contribution in [1.29, 1.82) is 0 Å². The molecular weight excluding hydrogens is 276 g/mol. The van der Waals surface area contributed by atoms with Gasteiger partial charge in [-0.2, -0.15) is 0 Å². The number of allylic oxidation sites excluding steroid dienone is 1. The van der Waals surface area contributed by atoms with Crippen LogP contribution in [0.1, 0.15) is 28.8 Å². The number of nitrogens with one attached hydrogen (secondary N) is 1. The van der Waals surface area contributed by atoms with E-state index in [0.717, 1.165) is 0 Å². The standard InChI is InChI=1S/C14H16N2O5/c1-3-4-5-11(14(18)19)15-13(17)10-8-9(2)6-7-12(10)16(20)21/h3,6-8,11H,1,4-5H2,2H3,(H,15,17)(H,18,19). The van der Waals surface area contributed by atoms with Gasteiger partial charge in [-0.25, -0.2) is 4.79 Å². The van der Waals surface area contributed by atoms with E-state index < -0.39 is 22.8 Å². The molecule has 0 bridgehead atoms. The predicted octanol–water partition coefficient (Wildman–Crippen LogP) is 2.05. The summed E-state index contributed by atoms with van der Waals surface area (Å²) in [5.74, 6) is -1.97. The molecule has 0 spiro atoms. The van der Waals surface area contributed by atoms with Crippen LogP contribution in [0.5, 0.6) is 0 Å². The molecule has 1 aromatic carbocycles. The summed E-state index contributed by atoms with van der Waals surface area (Å²) in [5.41, 5.74) is 0.166. The second-order valence-electron chi connectivity index (χ2n) is 4.51. The van der Waals surface area contributed by atoms with Gasteiger partial charge >= 0.3 is 5.97 Å². The number of benzene rings is 1. The summed E-state index contributed by atoms with van der Waals surface area (Å²) in [4.78, 5) is 33.4. The molecule has 7 nitrogen and oxygen atoms in total. The zero-order valence-electron chi connectivity index (χ0n) is 11.5. The van der Waals surface area contributed by atoms with Crippen LogP contribution in [0.4, 0.5) is 5.69 Å². The van der Waals surface area contributed by atoms with Gasteiger partial charge in [0.05, 0.1) is 4.92 Å². The van der Waals surface area contributed by atoms with Gasteiger partial charge < -0.3 is 10.4 Å². The van der Waals surface area contributed by atoms with Crippen LogP contribution in [0.2, 0.25) is 0 Å². The van der Waals surface area contributed by atoms with Gasteiger partial charge in [-0.3, -0.25) is 14.9 Å². The van der Waals surface area contributed by atoms with Gasteiger partial charge in [0.2, 0.25) is 0 Å². The Balaban J connectivity index is 3.01. The number of carboxylic acid groups (broad SMARTS) is 1. The Kier molecular flexibility index (Phi) is 5.59. The van der Waals surface area contributed by atoms with E-state index in [1.54, 1.807) is 6.92 Å². The number of carbonyl (C=O) groups excluding carboxylic acids is 1. The molecule has 0 saturated heterocycles. The Hall–Kier alpha value is -2.70. The van der Waals surface area contributed by atoms with Crippen LogP contribution in [-0.2, 0) is 4.79 Å². The smallest absolute Gasteiger partial charge is 0.326 e. The lowest BCUT2D eigenvalue weighted by Crippen LogP contribution is -2.40. The van der Waals surface area contributed by atoms with Gasteiger partial charge in [0.25, 0.3) is 11.6 Å². The molecule has 0 radical (unpaired) electrons. The summed E-state index contributed by atoms with van der Waals surface area (Å²) < 4.78 is 0. The minimum Gasteiger partial charge on any atom is -0.480 e. The largest absolute Gasteiger partial charge is 0.480 e. The van der Waals surface area contributed by atoms with E-state index in [2.05, 4.69) is 11.9 Å². The number of hydrogen-bond donors (Lipinski definition) is 2. The van der Waals surface area contributed by atoms with E-state index in [9.17, 15) is 19.7 Å². The molecule has 0 fully saturated rings. The van der Waals surface area contributed by atoms with Gasteiger partial charge in [-0.05, 0) is 31.4 Å². The molecule has 0 aliphatic carbocycles. The van der Waals surface area contributed by atoms with E-state index in [1.807, 2.05) is 0 Å². The molecule has 7 heteroatoms. The first kappa shape index (κ1) is 16.4. The van der Waals surface area contributed by atoms with E-state index in [1.165, 1.54) is 24.3 Å². The van der Waals surface area contributed by atoms with Crippen molar-refractivity contribution in [3.05, 3.63) is 52.1 Å². The first-order valence-electron chi connectivity index (χ1n) is 6.26. The van der Waals surface area contributed by atoms with Crippen molar-refractivity contribution in [2.24, 2.45) is 0 Å². The van der Waals surface area contributed by atoms with Crippen LogP contribution >= 0.6 is 0 Å². The van der Waals surface area contributed by atoms with Gasteiger partial charge in [0, 0.05) is 6.07 Å². The highest BCUT2D eigenvalue weighted by molar-refractivity contribution is 6.00. The molecule has 0 aliphatic rings. The number of hydrogen-bond acceptors (Lipinski definition) is 4. The second kappa shape index (κ2) is 7.18. The molecule has 2 N–H and O–H groups in total. The fraction of sp³-hybridized carbons (Fsp3) is 0.286. The van der Waals surface area contributed by atoms with Crippen LogP contribution in [0, 0.1) is 17.0 Å². The zero-order chi connectivity index (χ0) is 16.0. The van der Waals surface area contributed by atoms with Crippen molar-refractivity contribution in [2.45, 2.75) is 25.8 Å². The Bertz CT molecular complexity index is 583. The Labute approximate surface area is 121 Å². The molecule has 1 atom stereocenters. The van der Waals surface area contributed by atoms with Crippen LogP contribution < -0.4 is 5.32 Å². The molecule has 112 valence electrons. The molecular formula is C14H16N2O5. The summed E-state index contributed by atoms with van der Waals surface area (Å²) in [7, 11) is 0. The third kappa shape index (κ3) is 4.41. The maximum Gasteiger partial charge on any atom is 0.326 e. The average molecular weight is 292 g/mol. The maximum atomic E-state index is 12.1.